The molecule has 0 unspecified atom stereocenters. The number of alkyl halides is 1. The standard InChI is InChI=1S/C11H15IN2O/c1-10-3-7-14(8-4-10)6-2-5-13-11(15)9-12/h3-4,7-8H,2,5-6,9H2,1H3/p+1. The lowest BCUT2D eigenvalue weighted by molar-refractivity contribution is -0.697. The van der Waals surface area contributed by atoms with Crippen molar-refractivity contribution in [1.82, 2.24) is 5.32 Å². The van der Waals surface area contributed by atoms with Gasteiger partial charge in [0.05, 0.1) is 4.43 Å². The number of carbonyl (C=O) groups excluding carboxylic acids is 1. The molecule has 82 valence electrons. The first-order valence-electron chi connectivity index (χ1n) is 5.01. The van der Waals surface area contributed by atoms with Crippen LogP contribution in [-0.4, -0.2) is 16.9 Å². The van der Waals surface area contributed by atoms with Gasteiger partial charge >= 0.3 is 0 Å². The van der Waals surface area contributed by atoms with Gasteiger partial charge in [0.15, 0.2) is 12.4 Å². The Morgan fingerprint density at radius 3 is 2.73 bits per heavy atom. The van der Waals surface area contributed by atoms with Crippen molar-refractivity contribution in [1.29, 1.82) is 0 Å². The van der Waals surface area contributed by atoms with Gasteiger partial charge in [-0.2, -0.15) is 0 Å². The summed E-state index contributed by atoms with van der Waals surface area (Å²) in [5.74, 6) is 0.115. The van der Waals surface area contributed by atoms with Gasteiger partial charge in [-0.3, -0.25) is 4.79 Å². The Kier molecular flexibility index (Phi) is 5.60. The molecule has 0 radical (unpaired) electrons. The van der Waals surface area contributed by atoms with Crippen molar-refractivity contribution in [2.75, 3.05) is 11.0 Å². The highest BCUT2D eigenvalue weighted by Gasteiger charge is 2.00. The smallest absolute Gasteiger partial charge is 0.229 e. The number of aromatic nitrogens is 1. The minimum absolute atomic E-state index is 0.115. The molecule has 0 aromatic carbocycles. The van der Waals surface area contributed by atoms with Gasteiger partial charge in [0.25, 0.3) is 0 Å². The molecule has 0 aliphatic rings. The molecule has 1 N–H and O–H groups in total. The van der Waals surface area contributed by atoms with Crippen molar-refractivity contribution < 1.29 is 9.36 Å². The Balaban J connectivity index is 2.20. The molecular weight excluding hydrogens is 303 g/mol. The highest BCUT2D eigenvalue weighted by atomic mass is 127. The second kappa shape index (κ2) is 6.76. The highest BCUT2D eigenvalue weighted by Crippen LogP contribution is 1.90. The zero-order valence-corrected chi connectivity index (χ0v) is 11.0. The third-order valence-corrected chi connectivity index (χ3v) is 2.79. The molecule has 1 rings (SSSR count). The van der Waals surface area contributed by atoms with Crippen molar-refractivity contribution in [3.05, 3.63) is 30.1 Å². The molecule has 0 fully saturated rings. The summed E-state index contributed by atoms with van der Waals surface area (Å²) in [6.45, 7) is 3.77. The number of nitrogens with one attached hydrogen (secondary N) is 1. The van der Waals surface area contributed by atoms with Gasteiger partial charge in [-0.05, 0) is 12.5 Å². The van der Waals surface area contributed by atoms with Gasteiger partial charge in [0.1, 0.15) is 6.54 Å². The van der Waals surface area contributed by atoms with Crippen LogP contribution in [0.3, 0.4) is 0 Å². The first kappa shape index (κ1) is 12.4. The van der Waals surface area contributed by atoms with Gasteiger partial charge < -0.3 is 5.32 Å². The summed E-state index contributed by atoms with van der Waals surface area (Å²) in [6, 6.07) is 4.17. The number of amides is 1. The predicted molar refractivity (Wildman–Crippen MR) is 67.9 cm³/mol. The molecule has 0 saturated heterocycles. The molecule has 0 atom stereocenters. The fraction of sp³-hybridized carbons (Fsp3) is 0.455. The van der Waals surface area contributed by atoms with Crippen LogP contribution in [0.5, 0.6) is 0 Å². The van der Waals surface area contributed by atoms with E-state index in [1.54, 1.807) is 0 Å². The van der Waals surface area contributed by atoms with Crippen LogP contribution >= 0.6 is 22.6 Å². The Morgan fingerprint density at radius 1 is 1.47 bits per heavy atom. The van der Waals surface area contributed by atoms with Gasteiger partial charge in [0, 0.05) is 25.1 Å². The molecule has 0 saturated carbocycles. The summed E-state index contributed by atoms with van der Waals surface area (Å²) in [6.07, 6.45) is 5.10. The van der Waals surface area contributed by atoms with Crippen LogP contribution in [0.1, 0.15) is 12.0 Å². The number of pyridine rings is 1. The zero-order valence-electron chi connectivity index (χ0n) is 8.87. The van der Waals surface area contributed by atoms with E-state index in [2.05, 4.69) is 63.9 Å². The zero-order chi connectivity index (χ0) is 11.1. The summed E-state index contributed by atoms with van der Waals surface area (Å²) in [5, 5.41) is 2.85. The summed E-state index contributed by atoms with van der Waals surface area (Å²) in [4.78, 5) is 10.9. The Hall–Kier alpha value is -0.650. The summed E-state index contributed by atoms with van der Waals surface area (Å²) in [5.41, 5.74) is 1.27. The average Bonchev–Trinajstić information content (AvgIpc) is 2.26. The van der Waals surface area contributed by atoms with E-state index in [0.717, 1.165) is 19.5 Å². The van der Waals surface area contributed by atoms with E-state index in [9.17, 15) is 4.79 Å². The minimum Gasteiger partial charge on any atom is -0.355 e. The van der Waals surface area contributed by atoms with E-state index in [1.165, 1.54) is 5.56 Å². The molecule has 1 heterocycles. The normalized spacial score (nSPS) is 10.0. The lowest BCUT2D eigenvalue weighted by Crippen LogP contribution is -2.35. The van der Waals surface area contributed by atoms with E-state index in [4.69, 9.17) is 0 Å². The van der Waals surface area contributed by atoms with E-state index < -0.39 is 0 Å². The van der Waals surface area contributed by atoms with Gasteiger partial charge in [-0.1, -0.05) is 22.6 Å². The van der Waals surface area contributed by atoms with Gasteiger partial charge in [-0.15, -0.1) is 0 Å². The number of rotatable bonds is 5. The minimum atomic E-state index is 0.115. The second-order valence-corrected chi connectivity index (χ2v) is 4.21. The number of hydrogen-bond donors (Lipinski definition) is 1. The predicted octanol–water partition coefficient (Wildman–Crippen LogP) is 1.22. The molecule has 0 aliphatic heterocycles. The molecule has 0 bridgehead atoms. The second-order valence-electron chi connectivity index (χ2n) is 3.45. The molecule has 3 nitrogen and oxygen atoms in total. The molecular formula is C11H16IN2O+. The summed E-state index contributed by atoms with van der Waals surface area (Å²) < 4.78 is 2.67. The summed E-state index contributed by atoms with van der Waals surface area (Å²) in [7, 11) is 0. The van der Waals surface area contributed by atoms with Crippen molar-refractivity contribution in [3.8, 4) is 0 Å². The van der Waals surface area contributed by atoms with E-state index in [-0.39, 0.29) is 5.91 Å². The monoisotopic (exact) mass is 319 g/mol. The molecule has 1 aromatic rings. The van der Waals surface area contributed by atoms with Crippen molar-refractivity contribution in [2.24, 2.45) is 0 Å². The number of halogens is 1. The van der Waals surface area contributed by atoms with Crippen LogP contribution in [0.4, 0.5) is 0 Å². The topological polar surface area (TPSA) is 33.0 Å². The maximum atomic E-state index is 10.9. The maximum Gasteiger partial charge on any atom is 0.229 e. The fourth-order valence-electron chi connectivity index (χ4n) is 1.22. The third-order valence-electron chi connectivity index (χ3n) is 2.09. The molecule has 1 amide bonds. The Morgan fingerprint density at radius 2 is 2.13 bits per heavy atom. The Labute approximate surface area is 104 Å². The van der Waals surface area contributed by atoms with Crippen LogP contribution in [0.25, 0.3) is 0 Å². The van der Waals surface area contributed by atoms with Crippen LogP contribution in [0, 0.1) is 6.92 Å². The molecule has 15 heavy (non-hydrogen) atoms. The molecule has 1 aromatic heterocycles. The molecule has 0 aliphatic carbocycles. The van der Waals surface area contributed by atoms with E-state index in [1.807, 2.05) is 0 Å². The molecule has 4 heteroatoms. The quantitative estimate of drug-likeness (QED) is 0.376. The van der Waals surface area contributed by atoms with E-state index in [0.29, 0.717) is 4.43 Å². The fourth-order valence-corrected chi connectivity index (χ4v) is 1.49. The SMILES string of the molecule is Cc1cc[n+](CCCNC(=O)CI)cc1. The van der Waals surface area contributed by atoms with Crippen LogP contribution in [0.15, 0.2) is 24.5 Å². The van der Waals surface area contributed by atoms with E-state index >= 15 is 0 Å². The first-order valence-corrected chi connectivity index (χ1v) is 6.53. The lowest BCUT2D eigenvalue weighted by Gasteiger charge is -2.00. The maximum absolute atomic E-state index is 10.9. The van der Waals surface area contributed by atoms with Crippen LogP contribution in [-0.2, 0) is 11.3 Å². The number of hydrogen-bond acceptors (Lipinski definition) is 1. The van der Waals surface area contributed by atoms with Crippen molar-refractivity contribution in [2.45, 2.75) is 19.9 Å². The van der Waals surface area contributed by atoms with Crippen molar-refractivity contribution >= 4 is 28.5 Å². The van der Waals surface area contributed by atoms with Crippen molar-refractivity contribution in [3.63, 3.8) is 0 Å². The highest BCUT2D eigenvalue weighted by molar-refractivity contribution is 14.1. The number of aryl methyl sites for hydroxylation is 2. The van der Waals surface area contributed by atoms with Gasteiger partial charge in [-0.25, -0.2) is 4.57 Å². The van der Waals surface area contributed by atoms with Gasteiger partial charge in [0.2, 0.25) is 5.91 Å². The summed E-state index contributed by atoms with van der Waals surface area (Å²) >= 11 is 2.06. The average molecular weight is 319 g/mol. The number of nitrogens with zero attached hydrogens (tertiary/aromatic N) is 1. The van der Waals surface area contributed by atoms with Crippen LogP contribution in [0.2, 0.25) is 0 Å². The largest absolute Gasteiger partial charge is 0.355 e. The first-order chi connectivity index (χ1) is 7.22. The molecule has 0 spiro atoms. The van der Waals surface area contributed by atoms with Crippen LogP contribution < -0.4 is 9.88 Å². The third kappa shape index (κ3) is 5.11. The lowest BCUT2D eigenvalue weighted by atomic mass is 10.3. The number of carbonyl (C=O) groups is 1. The Bertz CT molecular complexity index is 311.